The van der Waals surface area contributed by atoms with Crippen molar-refractivity contribution in [2.24, 2.45) is 0 Å². The Morgan fingerprint density at radius 1 is 1.45 bits per heavy atom. The number of anilines is 1. The van der Waals surface area contributed by atoms with Crippen LogP contribution in [-0.2, 0) is 17.6 Å². The number of urea groups is 1. The molecule has 2 heterocycles. The normalized spacial score (nSPS) is 18.4. The van der Waals surface area contributed by atoms with Crippen LogP contribution in [0.15, 0.2) is 0 Å². The number of hydrogen-bond donors (Lipinski definition) is 2. The van der Waals surface area contributed by atoms with Gasteiger partial charge in [0, 0.05) is 30.9 Å². The molecular weight excluding hydrogens is 300 g/mol. The van der Waals surface area contributed by atoms with Crippen LogP contribution in [0.25, 0.3) is 0 Å². The topological polar surface area (TPSA) is 74.3 Å². The summed E-state index contributed by atoms with van der Waals surface area (Å²) in [5.41, 5.74) is 1.09. The van der Waals surface area contributed by atoms with Crippen LogP contribution in [-0.4, -0.2) is 41.5 Å². The van der Waals surface area contributed by atoms with Crippen molar-refractivity contribution in [1.82, 2.24) is 15.2 Å². The fourth-order valence-corrected chi connectivity index (χ4v) is 3.54. The van der Waals surface area contributed by atoms with Gasteiger partial charge in [-0.05, 0) is 19.3 Å². The van der Waals surface area contributed by atoms with E-state index in [9.17, 15) is 9.59 Å². The molecule has 1 fully saturated rings. The van der Waals surface area contributed by atoms with Crippen LogP contribution in [0.2, 0.25) is 0 Å². The first kappa shape index (κ1) is 16.7. The predicted molar refractivity (Wildman–Crippen MR) is 88.3 cm³/mol. The maximum Gasteiger partial charge on any atom is 0.321 e. The molecule has 1 atom stereocenters. The molecule has 1 aliphatic rings. The third-order valence-corrected chi connectivity index (χ3v) is 4.93. The van der Waals surface area contributed by atoms with Crippen LogP contribution in [0.3, 0.4) is 0 Å². The fraction of sp³-hybridized carbons (Fsp3) is 0.667. The number of nitrogens with zero attached hydrogens (tertiary/aromatic N) is 2. The summed E-state index contributed by atoms with van der Waals surface area (Å²) in [6.45, 7) is 4.79. The minimum Gasteiger partial charge on any atom is -0.344 e. The number of likely N-dealkylation sites (tertiary alicyclic amines) is 1. The Morgan fingerprint density at radius 3 is 2.86 bits per heavy atom. The highest BCUT2D eigenvalue weighted by molar-refractivity contribution is 7.15. The van der Waals surface area contributed by atoms with Crippen molar-refractivity contribution < 1.29 is 9.59 Å². The summed E-state index contributed by atoms with van der Waals surface area (Å²) in [5, 5.41) is 6.39. The molecule has 2 N–H and O–H groups in total. The molecule has 0 saturated carbocycles. The van der Waals surface area contributed by atoms with Gasteiger partial charge in [-0.1, -0.05) is 20.3 Å². The summed E-state index contributed by atoms with van der Waals surface area (Å²) in [6.07, 6.45) is 4.10. The van der Waals surface area contributed by atoms with Crippen LogP contribution in [0.4, 0.5) is 9.93 Å². The van der Waals surface area contributed by atoms with Crippen LogP contribution >= 0.6 is 11.3 Å². The smallest absolute Gasteiger partial charge is 0.321 e. The first-order valence-corrected chi connectivity index (χ1v) is 8.65. The summed E-state index contributed by atoms with van der Waals surface area (Å²) in [7, 11) is 1.76. The van der Waals surface area contributed by atoms with E-state index in [1.54, 1.807) is 23.3 Å². The molecule has 1 aromatic heterocycles. The van der Waals surface area contributed by atoms with Crippen molar-refractivity contribution >= 4 is 28.4 Å². The lowest BCUT2D eigenvalue weighted by Crippen LogP contribution is -2.49. The summed E-state index contributed by atoms with van der Waals surface area (Å²) < 4.78 is 0. The molecule has 0 bridgehead atoms. The molecule has 1 aromatic rings. The van der Waals surface area contributed by atoms with Gasteiger partial charge in [-0.2, -0.15) is 0 Å². The monoisotopic (exact) mass is 324 g/mol. The number of rotatable bonds is 5. The van der Waals surface area contributed by atoms with E-state index in [0.717, 1.165) is 25.0 Å². The molecule has 3 amide bonds. The van der Waals surface area contributed by atoms with Gasteiger partial charge in [0.25, 0.3) is 0 Å². The van der Waals surface area contributed by atoms with Crippen molar-refractivity contribution in [2.75, 3.05) is 18.9 Å². The van der Waals surface area contributed by atoms with E-state index in [1.807, 2.05) is 0 Å². The number of hydrogen-bond acceptors (Lipinski definition) is 4. The fourth-order valence-electron chi connectivity index (χ4n) is 2.59. The average Bonchev–Trinajstić information content (AvgIpc) is 2.85. The summed E-state index contributed by atoms with van der Waals surface area (Å²) in [5.74, 6) is 0.134. The molecule has 22 heavy (non-hydrogen) atoms. The SMILES string of the molecule is CCCc1nc(NC(=O)N[C@@H]2CCC(=O)N(C)C2)sc1CC. The van der Waals surface area contributed by atoms with E-state index in [4.69, 9.17) is 0 Å². The van der Waals surface area contributed by atoms with Crippen LogP contribution < -0.4 is 10.6 Å². The largest absolute Gasteiger partial charge is 0.344 e. The van der Waals surface area contributed by atoms with Gasteiger partial charge in [-0.25, -0.2) is 9.78 Å². The lowest BCUT2D eigenvalue weighted by molar-refractivity contribution is -0.132. The van der Waals surface area contributed by atoms with Crippen molar-refractivity contribution in [3.63, 3.8) is 0 Å². The van der Waals surface area contributed by atoms with Gasteiger partial charge in [-0.15, -0.1) is 11.3 Å². The molecule has 0 aromatic carbocycles. The second kappa shape index (κ2) is 7.58. The Kier molecular flexibility index (Phi) is 5.76. The summed E-state index contributed by atoms with van der Waals surface area (Å²) >= 11 is 1.54. The number of amides is 3. The van der Waals surface area contributed by atoms with Crippen molar-refractivity contribution in [1.29, 1.82) is 0 Å². The number of aromatic nitrogens is 1. The van der Waals surface area contributed by atoms with Gasteiger partial charge in [0.2, 0.25) is 5.91 Å². The Morgan fingerprint density at radius 2 is 2.23 bits per heavy atom. The number of nitrogens with one attached hydrogen (secondary N) is 2. The van der Waals surface area contributed by atoms with Gasteiger partial charge in [-0.3, -0.25) is 10.1 Å². The first-order chi connectivity index (χ1) is 10.5. The Balaban J connectivity index is 1.90. The molecule has 0 spiro atoms. The zero-order valence-electron chi connectivity index (χ0n) is 13.4. The number of carbonyl (C=O) groups is 2. The maximum absolute atomic E-state index is 12.1. The Bertz CT molecular complexity index is 544. The minimum atomic E-state index is -0.243. The third-order valence-electron chi connectivity index (χ3n) is 3.77. The molecule has 7 heteroatoms. The number of aryl methyl sites for hydroxylation is 2. The molecule has 1 aliphatic heterocycles. The van der Waals surface area contributed by atoms with E-state index in [2.05, 4.69) is 29.5 Å². The van der Waals surface area contributed by atoms with Crippen molar-refractivity contribution in [2.45, 2.75) is 52.0 Å². The summed E-state index contributed by atoms with van der Waals surface area (Å²) in [4.78, 5) is 30.9. The zero-order chi connectivity index (χ0) is 16.1. The van der Waals surface area contributed by atoms with E-state index in [-0.39, 0.29) is 18.0 Å². The molecule has 0 unspecified atom stereocenters. The summed E-state index contributed by atoms with van der Waals surface area (Å²) in [6, 6.07) is -0.240. The third kappa shape index (κ3) is 4.19. The molecule has 0 aliphatic carbocycles. The molecule has 1 saturated heterocycles. The van der Waals surface area contributed by atoms with E-state index in [1.165, 1.54) is 4.88 Å². The Hall–Kier alpha value is -1.63. The second-order valence-electron chi connectivity index (χ2n) is 5.60. The Labute approximate surface area is 135 Å². The average molecular weight is 324 g/mol. The lowest BCUT2D eigenvalue weighted by Gasteiger charge is -2.29. The lowest BCUT2D eigenvalue weighted by atomic mass is 10.1. The number of thiazole rings is 1. The highest BCUT2D eigenvalue weighted by Gasteiger charge is 2.24. The molecular formula is C15H24N4O2S. The standard InChI is InChI=1S/C15H24N4O2S/c1-4-6-11-12(5-2)22-15(17-11)18-14(21)16-10-7-8-13(20)19(3)9-10/h10H,4-9H2,1-3H3,(H2,16,17,18,21)/t10-/m1/s1. The minimum absolute atomic E-state index is 0.00317. The van der Waals surface area contributed by atoms with E-state index in [0.29, 0.717) is 24.5 Å². The highest BCUT2D eigenvalue weighted by Crippen LogP contribution is 2.24. The number of piperidine rings is 1. The van der Waals surface area contributed by atoms with Crippen LogP contribution in [0.5, 0.6) is 0 Å². The number of likely N-dealkylation sites (N-methyl/N-ethyl adjacent to an activating group) is 1. The van der Waals surface area contributed by atoms with Crippen molar-refractivity contribution in [3.8, 4) is 0 Å². The molecule has 2 rings (SSSR count). The van der Waals surface area contributed by atoms with Crippen LogP contribution in [0, 0.1) is 0 Å². The molecule has 0 radical (unpaired) electrons. The van der Waals surface area contributed by atoms with Gasteiger partial charge in [0.1, 0.15) is 0 Å². The van der Waals surface area contributed by atoms with E-state index < -0.39 is 0 Å². The van der Waals surface area contributed by atoms with E-state index >= 15 is 0 Å². The van der Waals surface area contributed by atoms with Gasteiger partial charge >= 0.3 is 6.03 Å². The van der Waals surface area contributed by atoms with Gasteiger partial charge in [0.05, 0.1) is 5.69 Å². The van der Waals surface area contributed by atoms with Gasteiger partial charge < -0.3 is 10.2 Å². The number of carbonyl (C=O) groups excluding carboxylic acids is 2. The van der Waals surface area contributed by atoms with Gasteiger partial charge in [0.15, 0.2) is 5.13 Å². The van der Waals surface area contributed by atoms with Crippen LogP contribution in [0.1, 0.15) is 43.7 Å². The molecule has 6 nitrogen and oxygen atoms in total. The second-order valence-corrected chi connectivity index (χ2v) is 6.68. The predicted octanol–water partition coefficient (Wildman–Crippen LogP) is 2.40. The van der Waals surface area contributed by atoms with Crippen molar-refractivity contribution in [3.05, 3.63) is 10.6 Å². The molecule has 122 valence electrons. The quantitative estimate of drug-likeness (QED) is 0.873. The first-order valence-electron chi connectivity index (χ1n) is 7.83. The highest BCUT2D eigenvalue weighted by atomic mass is 32.1. The zero-order valence-corrected chi connectivity index (χ0v) is 14.3. The maximum atomic E-state index is 12.1.